The molecule has 0 aliphatic rings. The van der Waals surface area contributed by atoms with Crippen LogP contribution >= 0.6 is 11.8 Å². The smallest absolute Gasteiger partial charge is 0.00465 e. The second-order valence-corrected chi connectivity index (χ2v) is 3.98. The summed E-state index contributed by atoms with van der Waals surface area (Å²) >= 11 is 1.93. The van der Waals surface area contributed by atoms with E-state index in [1.807, 2.05) is 11.8 Å². The molecule has 11 heavy (non-hydrogen) atoms. The largest absolute Gasteiger partial charge is 0.314 e. The average Bonchev–Trinajstić information content (AvgIpc) is 2.01. The SMILES string of the molecule is CCCCNC(C)CCSC. The highest BCUT2D eigenvalue weighted by Gasteiger charge is 1.97. The van der Waals surface area contributed by atoms with E-state index in [4.69, 9.17) is 0 Å². The lowest BCUT2D eigenvalue weighted by atomic mass is 10.2. The van der Waals surface area contributed by atoms with Crippen LogP contribution in [-0.2, 0) is 0 Å². The summed E-state index contributed by atoms with van der Waals surface area (Å²) in [6, 6.07) is 0.703. The summed E-state index contributed by atoms with van der Waals surface area (Å²) in [6.07, 6.45) is 6.06. The molecule has 1 atom stereocenters. The minimum Gasteiger partial charge on any atom is -0.314 e. The van der Waals surface area contributed by atoms with Gasteiger partial charge in [-0.3, -0.25) is 0 Å². The quantitative estimate of drug-likeness (QED) is 0.597. The third-order valence-corrected chi connectivity index (χ3v) is 2.42. The van der Waals surface area contributed by atoms with Crippen molar-refractivity contribution in [2.24, 2.45) is 0 Å². The molecular formula is C9H21NS. The summed E-state index contributed by atoms with van der Waals surface area (Å²) in [5.74, 6) is 1.28. The van der Waals surface area contributed by atoms with Gasteiger partial charge in [0.1, 0.15) is 0 Å². The Bertz CT molecular complexity index is 76.0. The Morgan fingerprint density at radius 2 is 2.18 bits per heavy atom. The lowest BCUT2D eigenvalue weighted by molar-refractivity contribution is 0.524. The van der Waals surface area contributed by atoms with Gasteiger partial charge in [-0.2, -0.15) is 11.8 Å². The highest BCUT2D eigenvalue weighted by atomic mass is 32.2. The number of nitrogens with one attached hydrogen (secondary N) is 1. The molecule has 0 heterocycles. The zero-order chi connectivity index (χ0) is 8.53. The zero-order valence-corrected chi connectivity index (χ0v) is 8.84. The van der Waals surface area contributed by atoms with Crippen molar-refractivity contribution in [3.8, 4) is 0 Å². The van der Waals surface area contributed by atoms with Gasteiger partial charge >= 0.3 is 0 Å². The maximum absolute atomic E-state index is 3.50. The molecule has 0 aliphatic carbocycles. The van der Waals surface area contributed by atoms with Gasteiger partial charge in [0.25, 0.3) is 0 Å². The Morgan fingerprint density at radius 3 is 2.73 bits per heavy atom. The average molecular weight is 175 g/mol. The Labute approximate surface area is 75.3 Å². The molecule has 0 aliphatic heterocycles. The van der Waals surface area contributed by atoms with Gasteiger partial charge in [-0.25, -0.2) is 0 Å². The van der Waals surface area contributed by atoms with Gasteiger partial charge < -0.3 is 5.32 Å². The van der Waals surface area contributed by atoms with Crippen molar-refractivity contribution in [3.05, 3.63) is 0 Å². The predicted octanol–water partition coefficient (Wildman–Crippen LogP) is 2.52. The van der Waals surface area contributed by atoms with Crippen LogP contribution in [0.3, 0.4) is 0 Å². The van der Waals surface area contributed by atoms with Crippen LogP contribution in [0.5, 0.6) is 0 Å². The van der Waals surface area contributed by atoms with Crippen molar-refractivity contribution in [1.29, 1.82) is 0 Å². The van der Waals surface area contributed by atoms with Gasteiger partial charge in [0.05, 0.1) is 0 Å². The fourth-order valence-electron chi connectivity index (χ4n) is 0.922. The Hall–Kier alpha value is 0.310. The molecule has 1 N–H and O–H groups in total. The van der Waals surface area contributed by atoms with E-state index < -0.39 is 0 Å². The molecule has 0 amide bonds. The Kier molecular flexibility index (Phi) is 8.64. The van der Waals surface area contributed by atoms with E-state index >= 15 is 0 Å². The van der Waals surface area contributed by atoms with Crippen molar-refractivity contribution >= 4 is 11.8 Å². The number of unbranched alkanes of at least 4 members (excludes halogenated alkanes) is 1. The molecule has 0 saturated carbocycles. The van der Waals surface area contributed by atoms with Crippen LogP contribution in [-0.4, -0.2) is 24.6 Å². The molecule has 0 aromatic rings. The monoisotopic (exact) mass is 175 g/mol. The third kappa shape index (κ3) is 8.21. The third-order valence-electron chi connectivity index (χ3n) is 1.78. The normalized spacial score (nSPS) is 13.4. The maximum Gasteiger partial charge on any atom is 0.00465 e. The van der Waals surface area contributed by atoms with Crippen molar-refractivity contribution in [1.82, 2.24) is 5.32 Å². The highest BCUT2D eigenvalue weighted by molar-refractivity contribution is 7.98. The summed E-state index contributed by atoms with van der Waals surface area (Å²) < 4.78 is 0. The molecule has 2 heteroatoms. The highest BCUT2D eigenvalue weighted by Crippen LogP contribution is 1.99. The summed E-state index contributed by atoms with van der Waals surface area (Å²) in [4.78, 5) is 0. The number of rotatable bonds is 7. The first-order valence-corrected chi connectivity index (χ1v) is 5.93. The van der Waals surface area contributed by atoms with E-state index in [9.17, 15) is 0 Å². The molecule has 0 aromatic carbocycles. The summed E-state index contributed by atoms with van der Waals surface area (Å²) in [6.45, 7) is 5.69. The minimum absolute atomic E-state index is 0.703. The van der Waals surface area contributed by atoms with Crippen molar-refractivity contribution < 1.29 is 0 Å². The lowest BCUT2D eigenvalue weighted by Crippen LogP contribution is -2.27. The van der Waals surface area contributed by atoms with Gasteiger partial charge in [0, 0.05) is 6.04 Å². The first kappa shape index (κ1) is 11.3. The number of hydrogen-bond acceptors (Lipinski definition) is 2. The molecule has 0 radical (unpaired) electrons. The van der Waals surface area contributed by atoms with E-state index in [0.29, 0.717) is 6.04 Å². The van der Waals surface area contributed by atoms with Gasteiger partial charge in [-0.05, 0) is 38.3 Å². The van der Waals surface area contributed by atoms with Crippen LogP contribution in [0.15, 0.2) is 0 Å². The summed E-state index contributed by atoms with van der Waals surface area (Å²) in [7, 11) is 0. The van der Waals surface area contributed by atoms with Gasteiger partial charge in [-0.15, -0.1) is 0 Å². The van der Waals surface area contributed by atoms with E-state index in [1.54, 1.807) is 0 Å². The molecule has 0 fully saturated rings. The van der Waals surface area contributed by atoms with E-state index in [1.165, 1.54) is 31.6 Å². The zero-order valence-electron chi connectivity index (χ0n) is 8.02. The lowest BCUT2D eigenvalue weighted by Gasteiger charge is -2.11. The maximum atomic E-state index is 3.50. The Balaban J connectivity index is 3.02. The van der Waals surface area contributed by atoms with Crippen molar-refractivity contribution in [2.75, 3.05) is 18.6 Å². The topological polar surface area (TPSA) is 12.0 Å². The molecular weight excluding hydrogens is 154 g/mol. The molecule has 0 aromatic heterocycles. The van der Waals surface area contributed by atoms with Crippen LogP contribution in [0.1, 0.15) is 33.1 Å². The molecule has 1 nitrogen and oxygen atoms in total. The standard InChI is InChI=1S/C9H21NS/c1-4-5-7-10-9(2)6-8-11-3/h9-10H,4-8H2,1-3H3. The van der Waals surface area contributed by atoms with Gasteiger partial charge in [-0.1, -0.05) is 13.3 Å². The molecule has 68 valence electrons. The second kappa shape index (κ2) is 8.41. The van der Waals surface area contributed by atoms with Crippen molar-refractivity contribution in [3.63, 3.8) is 0 Å². The van der Waals surface area contributed by atoms with E-state index in [2.05, 4.69) is 25.4 Å². The summed E-state index contributed by atoms with van der Waals surface area (Å²) in [5, 5.41) is 3.50. The predicted molar refractivity (Wildman–Crippen MR) is 55.4 cm³/mol. The fourth-order valence-corrected chi connectivity index (χ4v) is 1.51. The summed E-state index contributed by atoms with van der Waals surface area (Å²) in [5.41, 5.74) is 0. The van der Waals surface area contributed by atoms with Crippen molar-refractivity contribution in [2.45, 2.75) is 39.2 Å². The van der Waals surface area contributed by atoms with Crippen LogP contribution in [0.2, 0.25) is 0 Å². The number of thioether (sulfide) groups is 1. The molecule has 0 rings (SSSR count). The molecule has 0 spiro atoms. The number of hydrogen-bond donors (Lipinski definition) is 1. The van der Waals surface area contributed by atoms with Crippen LogP contribution in [0.25, 0.3) is 0 Å². The van der Waals surface area contributed by atoms with E-state index in [0.717, 1.165) is 0 Å². The molecule has 1 unspecified atom stereocenters. The van der Waals surface area contributed by atoms with Gasteiger partial charge in [0.2, 0.25) is 0 Å². The Morgan fingerprint density at radius 1 is 1.45 bits per heavy atom. The first-order valence-electron chi connectivity index (χ1n) is 4.53. The molecule has 0 saturated heterocycles. The minimum atomic E-state index is 0.703. The van der Waals surface area contributed by atoms with Gasteiger partial charge in [0.15, 0.2) is 0 Å². The fraction of sp³-hybridized carbons (Fsp3) is 1.00. The van der Waals surface area contributed by atoms with Crippen LogP contribution in [0.4, 0.5) is 0 Å². The molecule has 0 bridgehead atoms. The van der Waals surface area contributed by atoms with Crippen LogP contribution < -0.4 is 5.32 Å². The first-order chi connectivity index (χ1) is 5.31. The van der Waals surface area contributed by atoms with E-state index in [-0.39, 0.29) is 0 Å². The second-order valence-electron chi connectivity index (χ2n) is 2.99. The van der Waals surface area contributed by atoms with Crippen LogP contribution in [0, 0.1) is 0 Å².